The number of benzene rings is 2. The average Bonchev–Trinajstić information content (AvgIpc) is 3.14. The van der Waals surface area contributed by atoms with Crippen LogP contribution in [-0.2, 0) is 16.1 Å². The van der Waals surface area contributed by atoms with Crippen LogP contribution in [0.25, 0.3) is 5.76 Å². The SMILES string of the molecule is CCCCOc1ccc(/C(O)=C2\C(=O)C(=O)N(Cc3cccnc3)[C@@H]2c2ccc([N+](=O)[O-])cc2)c(C)c1. The van der Waals surface area contributed by atoms with Crippen LogP contribution in [0.15, 0.2) is 72.6 Å². The Morgan fingerprint density at radius 3 is 2.54 bits per heavy atom. The number of carbonyl (C=O) groups excluding carboxylic acids is 2. The molecular formula is C28H27N3O6. The number of rotatable bonds is 9. The number of nitrogens with zero attached hydrogens (tertiary/aromatic N) is 3. The minimum atomic E-state index is -0.944. The third-order valence-electron chi connectivity index (χ3n) is 6.25. The molecule has 0 radical (unpaired) electrons. The smallest absolute Gasteiger partial charge is 0.295 e. The van der Waals surface area contributed by atoms with Crippen LogP contribution in [0.3, 0.4) is 0 Å². The number of hydrogen-bond donors (Lipinski definition) is 1. The third kappa shape index (κ3) is 5.35. The van der Waals surface area contributed by atoms with E-state index in [1.807, 2.05) is 0 Å². The van der Waals surface area contributed by atoms with Crippen molar-refractivity contribution in [1.82, 2.24) is 9.88 Å². The highest BCUT2D eigenvalue weighted by molar-refractivity contribution is 6.46. The van der Waals surface area contributed by atoms with E-state index in [1.54, 1.807) is 49.6 Å². The summed E-state index contributed by atoms with van der Waals surface area (Å²) in [7, 11) is 0. The lowest BCUT2D eigenvalue weighted by Gasteiger charge is -2.25. The number of unbranched alkanes of at least 4 members (excludes halogenated alkanes) is 1. The van der Waals surface area contributed by atoms with Crippen LogP contribution in [-0.4, -0.2) is 38.2 Å². The molecule has 1 aliphatic rings. The van der Waals surface area contributed by atoms with Gasteiger partial charge in [0, 0.05) is 36.6 Å². The molecule has 1 atom stereocenters. The van der Waals surface area contributed by atoms with E-state index in [-0.39, 0.29) is 23.6 Å². The molecule has 1 saturated heterocycles. The Kier molecular flexibility index (Phi) is 7.62. The molecule has 1 amide bonds. The van der Waals surface area contributed by atoms with Gasteiger partial charge < -0.3 is 14.7 Å². The predicted octanol–water partition coefficient (Wildman–Crippen LogP) is 5.10. The molecule has 1 aliphatic heterocycles. The molecule has 9 nitrogen and oxygen atoms in total. The molecule has 0 aliphatic carbocycles. The van der Waals surface area contributed by atoms with E-state index in [4.69, 9.17) is 4.74 Å². The Morgan fingerprint density at radius 1 is 1.16 bits per heavy atom. The lowest BCUT2D eigenvalue weighted by atomic mass is 9.93. The summed E-state index contributed by atoms with van der Waals surface area (Å²) in [6.45, 7) is 4.50. The van der Waals surface area contributed by atoms with Crippen molar-refractivity contribution in [3.8, 4) is 5.75 Å². The molecule has 0 bridgehead atoms. The van der Waals surface area contributed by atoms with Gasteiger partial charge in [0.15, 0.2) is 0 Å². The van der Waals surface area contributed by atoms with Gasteiger partial charge in [-0.05, 0) is 66.4 Å². The van der Waals surface area contributed by atoms with Crippen LogP contribution in [0.4, 0.5) is 5.69 Å². The van der Waals surface area contributed by atoms with Crippen LogP contribution < -0.4 is 4.74 Å². The topological polar surface area (TPSA) is 123 Å². The van der Waals surface area contributed by atoms with Crippen LogP contribution in [0, 0.1) is 17.0 Å². The van der Waals surface area contributed by atoms with E-state index in [9.17, 15) is 24.8 Å². The Hall–Kier alpha value is -4.53. The highest BCUT2D eigenvalue weighted by atomic mass is 16.6. The minimum absolute atomic E-state index is 0.0695. The number of nitro benzene ring substituents is 1. The molecule has 2 aromatic carbocycles. The number of ketones is 1. The molecule has 4 rings (SSSR count). The molecule has 190 valence electrons. The summed E-state index contributed by atoms with van der Waals surface area (Å²) < 4.78 is 5.74. The first-order valence-electron chi connectivity index (χ1n) is 12.0. The lowest BCUT2D eigenvalue weighted by Crippen LogP contribution is -2.29. The molecule has 0 unspecified atom stereocenters. The lowest BCUT2D eigenvalue weighted by molar-refractivity contribution is -0.384. The van der Waals surface area contributed by atoms with Gasteiger partial charge in [-0.25, -0.2) is 0 Å². The molecule has 1 N–H and O–H groups in total. The second kappa shape index (κ2) is 11.0. The Labute approximate surface area is 214 Å². The zero-order chi connectivity index (χ0) is 26.5. The summed E-state index contributed by atoms with van der Waals surface area (Å²) >= 11 is 0. The summed E-state index contributed by atoms with van der Waals surface area (Å²) in [5, 5.41) is 22.5. The zero-order valence-corrected chi connectivity index (χ0v) is 20.6. The van der Waals surface area contributed by atoms with Gasteiger partial charge in [0.25, 0.3) is 17.4 Å². The summed E-state index contributed by atoms with van der Waals surface area (Å²) in [5.74, 6) is -1.27. The molecule has 0 spiro atoms. The summed E-state index contributed by atoms with van der Waals surface area (Å²) in [4.78, 5) is 42.5. The normalized spacial score (nSPS) is 16.7. The van der Waals surface area contributed by atoms with Gasteiger partial charge in [0.2, 0.25) is 0 Å². The van der Waals surface area contributed by atoms with Crippen LogP contribution >= 0.6 is 0 Å². The number of carbonyl (C=O) groups is 2. The largest absolute Gasteiger partial charge is 0.507 e. The summed E-state index contributed by atoms with van der Waals surface area (Å²) in [6.07, 6.45) is 5.10. The maximum absolute atomic E-state index is 13.3. The van der Waals surface area contributed by atoms with E-state index in [0.29, 0.717) is 34.6 Å². The first kappa shape index (κ1) is 25.6. The number of amides is 1. The van der Waals surface area contributed by atoms with E-state index < -0.39 is 22.7 Å². The molecule has 1 fully saturated rings. The van der Waals surface area contributed by atoms with Crippen molar-refractivity contribution in [3.05, 3.63) is 105 Å². The second-order valence-electron chi connectivity index (χ2n) is 8.82. The quantitative estimate of drug-likeness (QED) is 0.108. The second-order valence-corrected chi connectivity index (χ2v) is 8.82. The zero-order valence-electron chi connectivity index (χ0n) is 20.6. The van der Waals surface area contributed by atoms with Crippen molar-refractivity contribution in [2.24, 2.45) is 0 Å². The van der Waals surface area contributed by atoms with Crippen molar-refractivity contribution in [2.45, 2.75) is 39.3 Å². The number of aliphatic hydroxyl groups excluding tert-OH is 1. The number of Topliss-reactive ketones (excluding diaryl/α,β-unsaturated/α-hetero) is 1. The Bertz CT molecular complexity index is 1350. The summed E-state index contributed by atoms with van der Waals surface area (Å²) in [5.41, 5.74) is 2.03. The maximum Gasteiger partial charge on any atom is 0.295 e. The molecule has 1 aromatic heterocycles. The fourth-order valence-electron chi connectivity index (χ4n) is 4.33. The number of likely N-dealkylation sites (tertiary alicyclic amines) is 1. The number of aromatic nitrogens is 1. The number of aliphatic hydroxyl groups is 1. The van der Waals surface area contributed by atoms with Crippen molar-refractivity contribution < 1.29 is 24.4 Å². The van der Waals surface area contributed by atoms with E-state index in [0.717, 1.165) is 12.8 Å². The van der Waals surface area contributed by atoms with Gasteiger partial charge in [-0.3, -0.25) is 24.7 Å². The van der Waals surface area contributed by atoms with Gasteiger partial charge in [-0.2, -0.15) is 0 Å². The number of aryl methyl sites for hydroxylation is 1. The number of nitro groups is 1. The molecular weight excluding hydrogens is 474 g/mol. The molecule has 2 heterocycles. The van der Waals surface area contributed by atoms with Gasteiger partial charge in [-0.15, -0.1) is 0 Å². The van der Waals surface area contributed by atoms with Gasteiger partial charge in [0.05, 0.1) is 23.1 Å². The number of ether oxygens (including phenoxy) is 1. The van der Waals surface area contributed by atoms with Crippen LogP contribution in [0.1, 0.15) is 48.1 Å². The molecule has 3 aromatic rings. The molecule has 37 heavy (non-hydrogen) atoms. The molecule has 0 saturated carbocycles. The van der Waals surface area contributed by atoms with Crippen molar-refractivity contribution in [2.75, 3.05) is 6.61 Å². The van der Waals surface area contributed by atoms with Gasteiger partial charge in [-0.1, -0.05) is 19.4 Å². The highest BCUT2D eigenvalue weighted by Crippen LogP contribution is 2.41. The van der Waals surface area contributed by atoms with Crippen molar-refractivity contribution in [3.63, 3.8) is 0 Å². The van der Waals surface area contributed by atoms with E-state index >= 15 is 0 Å². The fourth-order valence-corrected chi connectivity index (χ4v) is 4.33. The third-order valence-corrected chi connectivity index (χ3v) is 6.25. The number of pyridine rings is 1. The standard InChI is InChI=1S/C28H27N3O6/c1-3-4-14-37-22-11-12-23(18(2)15-22)26(32)24-25(20-7-9-21(10-8-20)31(35)36)30(28(34)27(24)33)17-19-6-5-13-29-16-19/h5-13,15-16,25,32H,3-4,14,17H2,1-2H3/b26-24+/t25-/m1/s1. The van der Waals surface area contributed by atoms with Crippen molar-refractivity contribution >= 4 is 23.1 Å². The van der Waals surface area contributed by atoms with Gasteiger partial charge in [0.1, 0.15) is 11.5 Å². The van der Waals surface area contributed by atoms with Crippen LogP contribution in [0.5, 0.6) is 5.75 Å². The average molecular weight is 502 g/mol. The first-order chi connectivity index (χ1) is 17.8. The fraction of sp³-hybridized carbons (Fsp3) is 0.250. The number of hydrogen-bond acceptors (Lipinski definition) is 7. The first-order valence-corrected chi connectivity index (χ1v) is 12.0. The Balaban J connectivity index is 1.79. The van der Waals surface area contributed by atoms with Crippen molar-refractivity contribution in [1.29, 1.82) is 0 Å². The highest BCUT2D eigenvalue weighted by Gasteiger charge is 2.46. The van der Waals surface area contributed by atoms with Gasteiger partial charge >= 0.3 is 0 Å². The monoisotopic (exact) mass is 501 g/mol. The minimum Gasteiger partial charge on any atom is -0.507 e. The van der Waals surface area contributed by atoms with Crippen LogP contribution in [0.2, 0.25) is 0 Å². The van der Waals surface area contributed by atoms with E-state index in [2.05, 4.69) is 11.9 Å². The predicted molar refractivity (Wildman–Crippen MR) is 137 cm³/mol. The molecule has 9 heteroatoms. The summed E-state index contributed by atoms with van der Waals surface area (Å²) in [6, 6.07) is 13.3. The number of non-ortho nitro benzene ring substituents is 1. The van der Waals surface area contributed by atoms with E-state index in [1.165, 1.54) is 29.2 Å². The Morgan fingerprint density at radius 2 is 1.92 bits per heavy atom. The maximum atomic E-state index is 13.3.